The minimum absolute atomic E-state index is 0.0626. The topological polar surface area (TPSA) is 91.7 Å². The van der Waals surface area contributed by atoms with Crippen molar-refractivity contribution >= 4 is 17.7 Å². The van der Waals surface area contributed by atoms with Crippen LogP contribution in [0.4, 0.5) is 0 Å². The van der Waals surface area contributed by atoms with Crippen molar-refractivity contribution in [3.63, 3.8) is 0 Å². The van der Waals surface area contributed by atoms with Crippen molar-refractivity contribution in [2.24, 2.45) is 56.7 Å². The van der Waals surface area contributed by atoms with Crippen molar-refractivity contribution < 1.29 is 24.6 Å². The third-order valence-electron chi connectivity index (χ3n) is 13.3. The van der Waals surface area contributed by atoms with Gasteiger partial charge in [0.05, 0.1) is 5.41 Å². The lowest BCUT2D eigenvalue weighted by Gasteiger charge is -2.70. The summed E-state index contributed by atoms with van der Waals surface area (Å²) in [4.78, 5) is 38.8. The predicted molar refractivity (Wildman–Crippen MR) is 138 cm³/mol. The minimum atomic E-state index is -1.14. The van der Waals surface area contributed by atoms with Gasteiger partial charge in [0.15, 0.2) is 5.78 Å². The molecule has 0 amide bonds. The van der Waals surface area contributed by atoms with Crippen LogP contribution in [-0.4, -0.2) is 27.9 Å². The third kappa shape index (κ3) is 3.10. The number of carbonyl (C=O) groups excluding carboxylic acids is 1. The van der Waals surface area contributed by atoms with E-state index in [9.17, 15) is 24.6 Å². The van der Waals surface area contributed by atoms with E-state index in [4.69, 9.17) is 0 Å². The van der Waals surface area contributed by atoms with Gasteiger partial charge in [0.2, 0.25) is 0 Å². The second kappa shape index (κ2) is 7.93. The fourth-order valence-corrected chi connectivity index (χ4v) is 11.2. The molecule has 0 bridgehead atoms. The molecule has 4 fully saturated rings. The maximum absolute atomic E-state index is 14.3. The first-order valence-corrected chi connectivity index (χ1v) is 14.4. The Labute approximate surface area is 216 Å². The van der Waals surface area contributed by atoms with Crippen LogP contribution in [0.25, 0.3) is 0 Å². The van der Waals surface area contributed by atoms with Crippen molar-refractivity contribution in [3.8, 4) is 0 Å². The number of carboxylic acids is 2. The molecule has 0 saturated heterocycles. The van der Waals surface area contributed by atoms with Crippen LogP contribution in [0.1, 0.15) is 106 Å². The Balaban J connectivity index is 1.62. The number of hydrogen-bond acceptors (Lipinski definition) is 3. The lowest BCUT2D eigenvalue weighted by atomic mass is 9.33. The van der Waals surface area contributed by atoms with Crippen LogP contribution in [0.3, 0.4) is 0 Å². The second-order valence-corrected chi connectivity index (χ2v) is 14.7. The molecule has 4 saturated carbocycles. The van der Waals surface area contributed by atoms with Crippen molar-refractivity contribution in [2.45, 2.75) is 106 Å². The zero-order valence-corrected chi connectivity index (χ0v) is 23.2. The van der Waals surface area contributed by atoms with Gasteiger partial charge >= 0.3 is 11.9 Å². The average Bonchev–Trinajstić information content (AvgIpc) is 2.77. The fraction of sp³-hybridized carbons (Fsp3) is 0.839. The van der Waals surface area contributed by atoms with Gasteiger partial charge in [-0.25, -0.2) is 0 Å². The fourth-order valence-electron chi connectivity index (χ4n) is 11.2. The summed E-state index contributed by atoms with van der Waals surface area (Å²) >= 11 is 0. The molecule has 200 valence electrons. The zero-order chi connectivity index (χ0) is 26.5. The number of carboxylic acid groups (broad SMARTS) is 2. The van der Waals surface area contributed by atoms with Crippen LogP contribution in [0.5, 0.6) is 0 Å². The molecule has 0 aliphatic heterocycles. The van der Waals surface area contributed by atoms with E-state index >= 15 is 0 Å². The molecule has 5 aliphatic carbocycles. The number of aliphatic carboxylic acids is 2. The molecule has 0 aromatic rings. The van der Waals surface area contributed by atoms with Crippen LogP contribution < -0.4 is 0 Å². The summed E-state index contributed by atoms with van der Waals surface area (Å²) in [6.45, 7) is 13.6. The Hall–Kier alpha value is -1.65. The summed E-state index contributed by atoms with van der Waals surface area (Å²) in [5.74, 6) is -1.42. The monoisotopic (exact) mass is 498 g/mol. The number of ketones is 1. The SMILES string of the molecule is C[C@H]1CCC[C@]2(C)CC[C@]3(C)C(=CC(=O)C4[C@@]5(C)CC[C@@H](CC(=O)O)[C@](C)(C(=O)O)C5CC[C@]43C)C12. The van der Waals surface area contributed by atoms with Gasteiger partial charge in [-0.2, -0.15) is 0 Å². The van der Waals surface area contributed by atoms with Crippen molar-refractivity contribution in [1.82, 2.24) is 0 Å². The molecule has 0 aromatic heterocycles. The largest absolute Gasteiger partial charge is 0.481 e. The van der Waals surface area contributed by atoms with Crippen LogP contribution in [0.2, 0.25) is 0 Å². The Bertz CT molecular complexity index is 1030. The number of carbonyl (C=O) groups is 3. The van der Waals surface area contributed by atoms with E-state index in [1.165, 1.54) is 31.3 Å². The Morgan fingerprint density at radius 3 is 2.28 bits per heavy atom. The molecule has 0 heterocycles. The highest BCUT2D eigenvalue weighted by atomic mass is 16.4. The molecule has 5 nitrogen and oxygen atoms in total. The summed E-state index contributed by atoms with van der Waals surface area (Å²) in [6.07, 6.45) is 10.8. The molecular formula is C31H46O5. The number of rotatable bonds is 3. The highest BCUT2D eigenvalue weighted by Crippen LogP contribution is 2.75. The first kappa shape index (κ1) is 26.0. The molecule has 0 radical (unpaired) electrons. The van der Waals surface area contributed by atoms with E-state index in [-0.39, 0.29) is 40.3 Å². The molecule has 10 atom stereocenters. The number of fused-ring (bicyclic) bond motifs is 7. The summed E-state index contributed by atoms with van der Waals surface area (Å²) in [5.41, 5.74) is -0.194. The van der Waals surface area contributed by atoms with E-state index in [0.29, 0.717) is 18.3 Å². The second-order valence-electron chi connectivity index (χ2n) is 14.7. The van der Waals surface area contributed by atoms with Crippen LogP contribution in [0.15, 0.2) is 11.6 Å². The van der Waals surface area contributed by atoms with Gasteiger partial charge < -0.3 is 10.2 Å². The average molecular weight is 499 g/mol. The molecule has 2 N–H and O–H groups in total. The van der Waals surface area contributed by atoms with Crippen LogP contribution in [-0.2, 0) is 14.4 Å². The van der Waals surface area contributed by atoms with Gasteiger partial charge in [-0.05, 0) is 103 Å². The van der Waals surface area contributed by atoms with Crippen LogP contribution >= 0.6 is 0 Å². The van der Waals surface area contributed by atoms with Crippen molar-refractivity contribution in [2.75, 3.05) is 0 Å². The zero-order valence-electron chi connectivity index (χ0n) is 23.2. The maximum Gasteiger partial charge on any atom is 0.309 e. The maximum atomic E-state index is 14.3. The van der Waals surface area contributed by atoms with Gasteiger partial charge in [0, 0.05) is 12.3 Å². The van der Waals surface area contributed by atoms with Crippen molar-refractivity contribution in [1.29, 1.82) is 0 Å². The van der Waals surface area contributed by atoms with E-state index in [0.717, 1.165) is 25.7 Å². The standard InChI is InChI=1S/C31H46O5/c1-18-8-7-11-27(2)14-15-29(4)20(24(18)27)17-21(32)25-28(3)12-9-19(16-23(33)34)31(6,26(35)36)22(28)10-13-30(25,29)5/h17-19,22,24-25H,7-16H2,1-6H3,(H,33,34)(H,35,36)/t18-,19-,22?,24?,25?,27+,28-,29+,30+,31-/m0/s1. The molecule has 0 aromatic carbocycles. The van der Waals surface area contributed by atoms with E-state index in [1.807, 2.05) is 6.08 Å². The van der Waals surface area contributed by atoms with E-state index in [1.54, 1.807) is 6.92 Å². The molecular weight excluding hydrogens is 452 g/mol. The van der Waals surface area contributed by atoms with Gasteiger partial charge in [-0.1, -0.05) is 53.0 Å². The summed E-state index contributed by atoms with van der Waals surface area (Å²) in [7, 11) is 0. The Morgan fingerprint density at radius 1 is 0.944 bits per heavy atom. The van der Waals surface area contributed by atoms with Gasteiger partial charge in [-0.3, -0.25) is 14.4 Å². The molecule has 0 spiro atoms. The molecule has 5 rings (SSSR count). The Morgan fingerprint density at radius 2 is 1.64 bits per heavy atom. The Kier molecular flexibility index (Phi) is 5.72. The highest BCUT2D eigenvalue weighted by Gasteiger charge is 2.71. The summed E-state index contributed by atoms with van der Waals surface area (Å²) in [6, 6.07) is 0. The first-order chi connectivity index (χ1) is 16.6. The molecule has 5 aliphatic rings. The number of hydrogen-bond donors (Lipinski definition) is 2. The van der Waals surface area contributed by atoms with Crippen LogP contribution in [0, 0.1) is 56.7 Å². The molecule has 3 unspecified atom stereocenters. The normalized spacial score (nSPS) is 52.2. The van der Waals surface area contributed by atoms with E-state index < -0.39 is 28.7 Å². The third-order valence-corrected chi connectivity index (χ3v) is 13.3. The smallest absolute Gasteiger partial charge is 0.309 e. The molecule has 36 heavy (non-hydrogen) atoms. The predicted octanol–water partition coefficient (Wildman–Crippen LogP) is 6.75. The van der Waals surface area contributed by atoms with E-state index in [2.05, 4.69) is 34.6 Å². The summed E-state index contributed by atoms with van der Waals surface area (Å²) < 4.78 is 0. The highest BCUT2D eigenvalue weighted by molar-refractivity contribution is 5.96. The first-order valence-electron chi connectivity index (χ1n) is 14.4. The lowest BCUT2D eigenvalue weighted by molar-refractivity contribution is -0.207. The number of allylic oxidation sites excluding steroid dienone is 2. The van der Waals surface area contributed by atoms with Gasteiger partial charge in [0.25, 0.3) is 0 Å². The summed E-state index contributed by atoms with van der Waals surface area (Å²) in [5, 5.41) is 20.1. The lowest BCUT2D eigenvalue weighted by Crippen LogP contribution is -2.67. The van der Waals surface area contributed by atoms with Gasteiger partial charge in [0.1, 0.15) is 0 Å². The molecule has 5 heteroatoms. The van der Waals surface area contributed by atoms with Gasteiger partial charge in [-0.15, -0.1) is 0 Å². The minimum Gasteiger partial charge on any atom is -0.481 e. The quantitative estimate of drug-likeness (QED) is 0.449. The van der Waals surface area contributed by atoms with Crippen molar-refractivity contribution in [3.05, 3.63) is 11.6 Å².